The average molecular weight is 417 g/mol. The van der Waals surface area contributed by atoms with Gasteiger partial charge >= 0.3 is 0 Å². The molecule has 1 aliphatic heterocycles. The van der Waals surface area contributed by atoms with E-state index in [0.29, 0.717) is 30.3 Å². The van der Waals surface area contributed by atoms with Crippen LogP contribution in [-0.2, 0) is 10.0 Å². The highest BCUT2D eigenvalue weighted by Crippen LogP contribution is 2.25. The van der Waals surface area contributed by atoms with E-state index in [1.165, 1.54) is 46.8 Å². The number of carbonyl (C=O) groups is 1. The third-order valence-corrected chi connectivity index (χ3v) is 7.08. The maximum atomic E-state index is 12.8. The lowest BCUT2D eigenvalue weighted by atomic mass is 10.0. The van der Waals surface area contributed by atoms with E-state index < -0.39 is 20.9 Å². The lowest BCUT2D eigenvalue weighted by Crippen LogP contribution is -2.37. The zero-order valence-corrected chi connectivity index (χ0v) is 17.1. The van der Waals surface area contributed by atoms with Crippen LogP contribution < -0.4 is 5.32 Å². The molecule has 154 valence electrons. The number of piperidine rings is 1. The molecule has 0 bridgehead atoms. The van der Waals surface area contributed by atoms with E-state index >= 15 is 0 Å². The van der Waals surface area contributed by atoms with Gasteiger partial charge < -0.3 is 5.32 Å². The van der Waals surface area contributed by atoms with Gasteiger partial charge in [0, 0.05) is 36.5 Å². The van der Waals surface area contributed by atoms with Gasteiger partial charge in [-0.25, -0.2) is 8.42 Å². The minimum atomic E-state index is -3.56. The Morgan fingerprint density at radius 3 is 2.34 bits per heavy atom. The number of nitrogens with one attached hydrogen (secondary N) is 1. The first kappa shape index (κ1) is 20.9. The van der Waals surface area contributed by atoms with Crippen molar-refractivity contribution in [3.05, 3.63) is 63.7 Å². The molecule has 1 fully saturated rings. The van der Waals surface area contributed by atoms with Crippen molar-refractivity contribution < 1.29 is 18.1 Å². The lowest BCUT2D eigenvalue weighted by molar-refractivity contribution is -0.384. The molecular weight excluding hydrogens is 394 g/mol. The second-order valence-electron chi connectivity index (χ2n) is 7.32. The standard InChI is InChI=1S/C20H23N3O5S/c1-14-9-11-22(12-10-14)29(27,28)18-7-4-16(5-8-18)21-20(24)19-13-17(23(25)26)6-3-15(19)2/h3-8,13-14H,9-12H2,1-2H3,(H,21,24). The summed E-state index contributed by atoms with van der Waals surface area (Å²) in [6, 6.07) is 10.0. The second-order valence-corrected chi connectivity index (χ2v) is 9.26. The normalized spacial score (nSPS) is 15.8. The molecule has 2 aromatic rings. The number of benzene rings is 2. The van der Waals surface area contributed by atoms with Crippen molar-refractivity contribution in [2.75, 3.05) is 18.4 Å². The van der Waals surface area contributed by atoms with Crippen LogP contribution in [0.15, 0.2) is 47.4 Å². The average Bonchev–Trinajstić information content (AvgIpc) is 2.69. The molecule has 0 atom stereocenters. The Kier molecular flexibility index (Phi) is 5.99. The van der Waals surface area contributed by atoms with Gasteiger partial charge in [0.15, 0.2) is 0 Å². The van der Waals surface area contributed by atoms with Crippen LogP contribution in [0.2, 0.25) is 0 Å². The van der Waals surface area contributed by atoms with E-state index in [0.717, 1.165) is 12.8 Å². The Balaban J connectivity index is 1.75. The molecule has 1 saturated heterocycles. The molecule has 0 radical (unpaired) electrons. The molecule has 0 spiro atoms. The van der Waals surface area contributed by atoms with Crippen molar-refractivity contribution in [2.45, 2.75) is 31.6 Å². The molecule has 9 heteroatoms. The topological polar surface area (TPSA) is 110 Å². The third-order valence-electron chi connectivity index (χ3n) is 5.17. The maximum Gasteiger partial charge on any atom is 0.270 e. The number of anilines is 1. The molecular formula is C20H23N3O5S. The summed E-state index contributed by atoms with van der Waals surface area (Å²) in [6.07, 6.45) is 1.69. The van der Waals surface area contributed by atoms with Gasteiger partial charge in [0.2, 0.25) is 10.0 Å². The van der Waals surface area contributed by atoms with Crippen LogP contribution in [0.1, 0.15) is 35.7 Å². The highest BCUT2D eigenvalue weighted by molar-refractivity contribution is 7.89. The lowest BCUT2D eigenvalue weighted by Gasteiger charge is -2.29. The summed E-state index contributed by atoms with van der Waals surface area (Å²) in [5.41, 5.74) is 1.04. The van der Waals surface area contributed by atoms with E-state index in [4.69, 9.17) is 0 Å². The number of carbonyl (C=O) groups excluding carboxylic acids is 1. The number of nitro benzene ring substituents is 1. The minimum absolute atomic E-state index is 0.168. The fourth-order valence-electron chi connectivity index (χ4n) is 3.25. The second kappa shape index (κ2) is 8.30. The van der Waals surface area contributed by atoms with E-state index in [1.54, 1.807) is 6.92 Å². The summed E-state index contributed by atoms with van der Waals surface area (Å²) in [5.74, 6) is 0.0307. The molecule has 0 aliphatic carbocycles. The van der Waals surface area contributed by atoms with Crippen LogP contribution in [0, 0.1) is 23.0 Å². The third kappa shape index (κ3) is 4.63. The van der Waals surface area contributed by atoms with Gasteiger partial charge in [-0.1, -0.05) is 13.0 Å². The van der Waals surface area contributed by atoms with E-state index in [2.05, 4.69) is 12.2 Å². The molecule has 0 unspecified atom stereocenters. The zero-order valence-electron chi connectivity index (χ0n) is 16.3. The highest BCUT2D eigenvalue weighted by Gasteiger charge is 2.28. The summed E-state index contributed by atoms with van der Waals surface area (Å²) < 4.78 is 27.0. The number of rotatable bonds is 5. The fourth-order valence-corrected chi connectivity index (χ4v) is 4.72. The van der Waals surface area contributed by atoms with Gasteiger partial charge in [-0.05, 0) is 55.5 Å². The van der Waals surface area contributed by atoms with E-state index in [-0.39, 0.29) is 16.1 Å². The SMILES string of the molecule is Cc1ccc([N+](=O)[O-])cc1C(=O)Nc1ccc(S(=O)(=O)N2CCC(C)CC2)cc1. The molecule has 1 amide bonds. The number of sulfonamides is 1. The first-order valence-electron chi connectivity index (χ1n) is 9.35. The van der Waals surface area contributed by atoms with E-state index in [1.807, 2.05) is 0 Å². The van der Waals surface area contributed by atoms with Gasteiger partial charge in [-0.3, -0.25) is 14.9 Å². The van der Waals surface area contributed by atoms with Crippen LogP contribution in [0.25, 0.3) is 0 Å². The smallest absolute Gasteiger partial charge is 0.270 e. The van der Waals surface area contributed by atoms with Gasteiger partial charge in [0.05, 0.1) is 9.82 Å². The van der Waals surface area contributed by atoms with Crippen molar-refractivity contribution in [3.63, 3.8) is 0 Å². The Morgan fingerprint density at radius 1 is 1.14 bits per heavy atom. The predicted molar refractivity (Wildman–Crippen MR) is 109 cm³/mol. The summed E-state index contributed by atoms with van der Waals surface area (Å²) >= 11 is 0. The van der Waals surface area contributed by atoms with Crippen LogP contribution >= 0.6 is 0 Å². The predicted octanol–water partition coefficient (Wildman–Crippen LogP) is 3.58. The van der Waals surface area contributed by atoms with Crippen molar-refractivity contribution in [1.82, 2.24) is 4.31 Å². The first-order valence-corrected chi connectivity index (χ1v) is 10.8. The molecule has 1 N–H and O–H groups in total. The summed E-state index contributed by atoms with van der Waals surface area (Å²) in [7, 11) is -3.56. The minimum Gasteiger partial charge on any atom is -0.322 e. The van der Waals surface area contributed by atoms with Crippen LogP contribution in [0.3, 0.4) is 0 Å². The highest BCUT2D eigenvalue weighted by atomic mass is 32.2. The Labute approximate surface area is 169 Å². The molecule has 8 nitrogen and oxygen atoms in total. The molecule has 1 heterocycles. The monoisotopic (exact) mass is 417 g/mol. The molecule has 0 saturated carbocycles. The largest absolute Gasteiger partial charge is 0.322 e. The summed E-state index contributed by atoms with van der Waals surface area (Å²) in [4.78, 5) is 23.1. The fraction of sp³-hybridized carbons (Fsp3) is 0.350. The van der Waals surface area contributed by atoms with Crippen molar-refractivity contribution in [2.24, 2.45) is 5.92 Å². The van der Waals surface area contributed by atoms with Crippen LogP contribution in [-0.4, -0.2) is 36.6 Å². The number of amides is 1. The number of hydrogen-bond acceptors (Lipinski definition) is 5. The van der Waals surface area contributed by atoms with Gasteiger partial charge in [0.1, 0.15) is 0 Å². The number of non-ortho nitro benzene ring substituents is 1. The molecule has 3 rings (SSSR count). The molecule has 1 aliphatic rings. The van der Waals surface area contributed by atoms with Crippen LogP contribution in [0.4, 0.5) is 11.4 Å². The maximum absolute atomic E-state index is 12.8. The Morgan fingerprint density at radius 2 is 1.76 bits per heavy atom. The quantitative estimate of drug-likeness (QED) is 0.591. The number of nitro groups is 1. The number of aryl methyl sites for hydroxylation is 1. The van der Waals surface area contributed by atoms with Crippen molar-refractivity contribution in [3.8, 4) is 0 Å². The summed E-state index contributed by atoms with van der Waals surface area (Å²) in [5, 5.41) is 13.6. The van der Waals surface area contributed by atoms with Gasteiger partial charge in [-0.15, -0.1) is 0 Å². The van der Waals surface area contributed by atoms with E-state index in [9.17, 15) is 23.3 Å². The molecule has 0 aromatic heterocycles. The zero-order chi connectivity index (χ0) is 21.2. The molecule has 29 heavy (non-hydrogen) atoms. The summed E-state index contributed by atoms with van der Waals surface area (Å²) in [6.45, 7) is 4.82. The number of hydrogen-bond donors (Lipinski definition) is 1. The first-order chi connectivity index (χ1) is 13.7. The Hall–Kier alpha value is -2.78. The number of nitrogens with zero attached hydrogens (tertiary/aromatic N) is 2. The van der Waals surface area contributed by atoms with Gasteiger partial charge in [-0.2, -0.15) is 4.31 Å². The van der Waals surface area contributed by atoms with Crippen molar-refractivity contribution >= 4 is 27.3 Å². The molecule has 2 aromatic carbocycles. The van der Waals surface area contributed by atoms with Gasteiger partial charge in [0.25, 0.3) is 11.6 Å². The Bertz CT molecular complexity index is 1030. The van der Waals surface area contributed by atoms with Crippen molar-refractivity contribution in [1.29, 1.82) is 0 Å². The van der Waals surface area contributed by atoms with Crippen LogP contribution in [0.5, 0.6) is 0 Å².